The fraction of sp³-hybridized carbons (Fsp3) is 0.696. The van der Waals surface area contributed by atoms with Crippen LogP contribution < -0.4 is 10.6 Å². The number of likely N-dealkylation sites (tertiary alicyclic amines) is 2. The molecule has 2 saturated heterocycles. The molecule has 2 unspecified atom stereocenters. The zero-order valence-electron chi connectivity index (χ0n) is 17.4. The van der Waals surface area contributed by atoms with Gasteiger partial charge in [-0.05, 0) is 63.6 Å². The Morgan fingerprint density at radius 2 is 1.93 bits per heavy atom. The minimum atomic E-state index is 0.598. The van der Waals surface area contributed by atoms with Crippen molar-refractivity contribution in [3.63, 3.8) is 0 Å². The van der Waals surface area contributed by atoms with Crippen molar-refractivity contribution in [2.75, 3.05) is 39.3 Å². The first-order valence-corrected chi connectivity index (χ1v) is 11.4. The zero-order chi connectivity index (χ0) is 19.2. The Bertz CT molecular complexity index is 627. The molecule has 0 aromatic heterocycles. The predicted octanol–water partition coefficient (Wildman–Crippen LogP) is 2.69. The summed E-state index contributed by atoms with van der Waals surface area (Å²) in [6, 6.07) is 12.4. The van der Waals surface area contributed by atoms with E-state index in [4.69, 9.17) is 4.99 Å². The van der Waals surface area contributed by atoms with Gasteiger partial charge in [0.05, 0.1) is 0 Å². The largest absolute Gasteiger partial charge is 0.357 e. The van der Waals surface area contributed by atoms with Gasteiger partial charge in [-0.15, -0.1) is 0 Å². The van der Waals surface area contributed by atoms with E-state index in [2.05, 4.69) is 57.7 Å². The van der Waals surface area contributed by atoms with Crippen molar-refractivity contribution in [2.45, 2.75) is 57.7 Å². The van der Waals surface area contributed by atoms with Gasteiger partial charge in [0.1, 0.15) is 0 Å². The molecule has 1 saturated carbocycles. The van der Waals surface area contributed by atoms with Gasteiger partial charge < -0.3 is 15.5 Å². The van der Waals surface area contributed by atoms with Gasteiger partial charge in [0.25, 0.3) is 0 Å². The summed E-state index contributed by atoms with van der Waals surface area (Å²) < 4.78 is 0. The highest BCUT2D eigenvalue weighted by molar-refractivity contribution is 5.79. The quantitative estimate of drug-likeness (QED) is 0.535. The second-order valence-corrected chi connectivity index (χ2v) is 8.73. The van der Waals surface area contributed by atoms with Crippen LogP contribution in [0.4, 0.5) is 0 Å². The van der Waals surface area contributed by atoms with Crippen molar-refractivity contribution >= 4 is 5.96 Å². The number of rotatable bonds is 8. The zero-order valence-corrected chi connectivity index (χ0v) is 17.4. The molecule has 3 aliphatic rings. The van der Waals surface area contributed by atoms with Crippen LogP contribution in [-0.2, 0) is 6.54 Å². The molecular weight excluding hydrogens is 346 g/mol. The maximum atomic E-state index is 4.93. The van der Waals surface area contributed by atoms with Crippen molar-refractivity contribution in [1.82, 2.24) is 20.4 Å². The second kappa shape index (κ2) is 9.75. The van der Waals surface area contributed by atoms with Crippen LogP contribution in [0.15, 0.2) is 35.3 Å². The van der Waals surface area contributed by atoms with E-state index in [9.17, 15) is 0 Å². The number of guanidine groups is 1. The van der Waals surface area contributed by atoms with E-state index >= 15 is 0 Å². The molecule has 1 aromatic carbocycles. The smallest absolute Gasteiger partial charge is 0.191 e. The van der Waals surface area contributed by atoms with E-state index in [-0.39, 0.29) is 0 Å². The van der Waals surface area contributed by atoms with Gasteiger partial charge in [0, 0.05) is 44.8 Å². The normalized spacial score (nSPS) is 26.7. The Kier molecular flexibility index (Phi) is 6.86. The van der Waals surface area contributed by atoms with Crippen molar-refractivity contribution < 1.29 is 0 Å². The third-order valence-electron chi connectivity index (χ3n) is 6.47. The molecule has 0 radical (unpaired) electrons. The van der Waals surface area contributed by atoms with Crippen LogP contribution in [0.2, 0.25) is 0 Å². The van der Waals surface area contributed by atoms with E-state index in [1.807, 2.05) is 0 Å². The summed E-state index contributed by atoms with van der Waals surface area (Å²) in [6.07, 6.45) is 6.72. The summed E-state index contributed by atoms with van der Waals surface area (Å²) in [5.41, 5.74) is 1.41. The number of aliphatic imine (C=N–C) groups is 1. The number of hydrogen-bond donors (Lipinski definition) is 2. The van der Waals surface area contributed by atoms with Gasteiger partial charge in [-0.2, -0.15) is 0 Å². The summed E-state index contributed by atoms with van der Waals surface area (Å²) in [5, 5.41) is 7.08. The van der Waals surface area contributed by atoms with Crippen LogP contribution in [0.1, 0.15) is 44.6 Å². The molecule has 4 rings (SSSR count). The summed E-state index contributed by atoms with van der Waals surface area (Å²) in [4.78, 5) is 10.2. The lowest BCUT2D eigenvalue weighted by Gasteiger charge is -2.25. The lowest BCUT2D eigenvalue weighted by molar-refractivity contribution is 0.245. The highest BCUT2D eigenvalue weighted by atomic mass is 15.2. The predicted molar refractivity (Wildman–Crippen MR) is 117 cm³/mol. The molecule has 1 aliphatic carbocycles. The second-order valence-electron chi connectivity index (χ2n) is 8.73. The molecule has 0 bridgehead atoms. The molecular formula is C23H37N5. The van der Waals surface area contributed by atoms with Crippen LogP contribution in [0.5, 0.6) is 0 Å². The molecule has 5 heteroatoms. The molecule has 2 N–H and O–H groups in total. The van der Waals surface area contributed by atoms with Crippen LogP contribution >= 0.6 is 0 Å². The maximum absolute atomic E-state index is 4.93. The van der Waals surface area contributed by atoms with E-state index in [0.29, 0.717) is 6.04 Å². The average molecular weight is 384 g/mol. The molecule has 5 nitrogen and oxygen atoms in total. The lowest BCUT2D eigenvalue weighted by atomic mass is 10.1. The molecule has 3 fully saturated rings. The van der Waals surface area contributed by atoms with Gasteiger partial charge in [0.2, 0.25) is 0 Å². The first-order chi connectivity index (χ1) is 13.8. The Hall–Kier alpha value is -1.59. The Labute approximate surface area is 170 Å². The highest BCUT2D eigenvalue weighted by Gasteiger charge is 2.34. The highest BCUT2D eigenvalue weighted by Crippen LogP contribution is 2.31. The third kappa shape index (κ3) is 5.48. The standard InChI is InChI=1S/C23H37N5/c1-2-24-23(25-15-20-12-14-28(18-20)21-10-11-21)26-16-22-9-6-13-27(22)17-19-7-4-3-5-8-19/h3-5,7-8,20-22H,2,6,9-18H2,1H3,(H2,24,25,26). The summed E-state index contributed by atoms with van der Waals surface area (Å²) in [6.45, 7) is 9.80. The topological polar surface area (TPSA) is 42.9 Å². The molecule has 0 amide bonds. The van der Waals surface area contributed by atoms with Gasteiger partial charge in [0.15, 0.2) is 5.96 Å². The monoisotopic (exact) mass is 383 g/mol. The molecule has 2 aliphatic heterocycles. The van der Waals surface area contributed by atoms with E-state index in [1.165, 1.54) is 57.3 Å². The minimum Gasteiger partial charge on any atom is -0.357 e. The van der Waals surface area contributed by atoms with E-state index in [0.717, 1.165) is 44.1 Å². The molecule has 154 valence electrons. The van der Waals surface area contributed by atoms with Crippen LogP contribution in [0.3, 0.4) is 0 Å². The first-order valence-electron chi connectivity index (χ1n) is 11.4. The number of hydrogen-bond acceptors (Lipinski definition) is 3. The van der Waals surface area contributed by atoms with E-state index < -0.39 is 0 Å². The van der Waals surface area contributed by atoms with Crippen molar-refractivity contribution in [1.29, 1.82) is 0 Å². The number of benzene rings is 1. The molecule has 1 aromatic rings. The van der Waals surface area contributed by atoms with Crippen LogP contribution in [0, 0.1) is 5.92 Å². The van der Waals surface area contributed by atoms with Gasteiger partial charge in [-0.25, -0.2) is 0 Å². The van der Waals surface area contributed by atoms with Crippen molar-refractivity contribution in [2.24, 2.45) is 10.9 Å². The maximum Gasteiger partial charge on any atom is 0.191 e. The molecule has 0 spiro atoms. The SMILES string of the molecule is CCNC(=NCC1CCN(C2CC2)C1)NCC1CCCN1Cc1ccccc1. The third-order valence-corrected chi connectivity index (χ3v) is 6.47. The molecule has 2 atom stereocenters. The van der Waals surface area contributed by atoms with Crippen LogP contribution in [-0.4, -0.2) is 67.1 Å². The Morgan fingerprint density at radius 1 is 1.07 bits per heavy atom. The van der Waals surface area contributed by atoms with Gasteiger partial charge in [-0.1, -0.05) is 30.3 Å². The number of nitrogens with zero attached hydrogens (tertiary/aromatic N) is 3. The van der Waals surface area contributed by atoms with Crippen molar-refractivity contribution in [3.8, 4) is 0 Å². The summed E-state index contributed by atoms with van der Waals surface area (Å²) >= 11 is 0. The minimum absolute atomic E-state index is 0.598. The fourth-order valence-corrected chi connectivity index (χ4v) is 4.71. The molecule has 28 heavy (non-hydrogen) atoms. The van der Waals surface area contributed by atoms with Gasteiger partial charge in [-0.3, -0.25) is 9.89 Å². The number of nitrogens with one attached hydrogen (secondary N) is 2. The molecule has 2 heterocycles. The van der Waals surface area contributed by atoms with Crippen LogP contribution in [0.25, 0.3) is 0 Å². The van der Waals surface area contributed by atoms with Gasteiger partial charge >= 0.3 is 0 Å². The summed E-state index contributed by atoms with van der Waals surface area (Å²) in [5.74, 6) is 1.73. The van der Waals surface area contributed by atoms with Crippen molar-refractivity contribution in [3.05, 3.63) is 35.9 Å². The van der Waals surface area contributed by atoms with E-state index in [1.54, 1.807) is 0 Å². The fourth-order valence-electron chi connectivity index (χ4n) is 4.71. The lowest BCUT2D eigenvalue weighted by Crippen LogP contribution is -2.45. The first kappa shape index (κ1) is 19.7. The average Bonchev–Trinajstić information content (AvgIpc) is 3.30. The Morgan fingerprint density at radius 3 is 2.71 bits per heavy atom. The Balaban J connectivity index is 1.25. The summed E-state index contributed by atoms with van der Waals surface area (Å²) in [7, 11) is 0.